The Labute approximate surface area is 704 Å². The number of fused-ring (bicyclic) bond motifs is 12. The second-order valence-corrected chi connectivity index (χ2v) is 41.4. The van der Waals surface area contributed by atoms with Crippen LogP contribution in [0.25, 0.3) is 0 Å². The SMILES string of the molecule is CC1(C)OC(=O)n2ccc(S(=O)(=O)NC(=O)Nc3c4c(cc5c3CCC5)CCC4)c21.CC1(C)OC(=O)n2ncc(S(=O)(=O)NC(=O)Nc3c4c(cc5c3CCC5)CCC4)c21.Cn1cc(S(=O)(=O)NC(=O)Nc2c3c(cc4c2CCC4)CCC3)c2c1C(C)(C)OC2=O.Cn1nc(S(=O)(=O)NC(=O)Nc2c3c(cc4c2CCC4)CCC3)c2c1C(C)(C)OC2=O. The molecule has 644 valence electrons. The highest BCUT2D eigenvalue weighted by Crippen LogP contribution is 2.47. The molecule has 34 nitrogen and oxygen atoms in total. The van der Waals surface area contributed by atoms with Crippen LogP contribution in [0, 0.1) is 0 Å². The Kier molecular flexibility index (Phi) is 20.2. The summed E-state index contributed by atoms with van der Waals surface area (Å²) in [6.07, 6.45) is 25.3. The minimum absolute atomic E-state index is 0.0192. The van der Waals surface area contributed by atoms with Gasteiger partial charge in [-0.05, 0) is 305 Å². The van der Waals surface area contributed by atoms with E-state index in [4.69, 9.17) is 18.9 Å². The van der Waals surface area contributed by atoms with Gasteiger partial charge >= 0.3 is 48.2 Å². The van der Waals surface area contributed by atoms with Gasteiger partial charge in [-0.15, -0.1) is 0 Å². The fourth-order valence-electron chi connectivity index (χ4n) is 20.3. The molecule has 12 aliphatic rings. The number of carbonyl (C=O) groups excluding carboxylic acids is 8. The summed E-state index contributed by atoms with van der Waals surface area (Å²) in [4.78, 5) is 98.9. The zero-order valence-electron chi connectivity index (χ0n) is 69.1. The summed E-state index contributed by atoms with van der Waals surface area (Å²) in [6.45, 7) is 13.1. The molecule has 0 saturated carbocycles. The third-order valence-electron chi connectivity index (χ3n) is 25.1. The largest absolute Gasteiger partial charge is 0.450 e. The van der Waals surface area contributed by atoms with Crippen molar-refractivity contribution < 1.29 is 91.0 Å². The monoisotopic (exact) mass is 1750 g/mol. The first-order chi connectivity index (χ1) is 57.5. The van der Waals surface area contributed by atoms with Crippen LogP contribution < -0.4 is 40.2 Å². The molecule has 4 aromatic carbocycles. The smallest absolute Gasteiger partial charge is 0.436 e. The molecule has 0 radical (unpaired) electrons. The number of aromatic nitrogens is 6. The van der Waals surface area contributed by atoms with Crippen LogP contribution in [0.2, 0.25) is 0 Å². The number of esters is 2. The lowest BCUT2D eigenvalue weighted by Crippen LogP contribution is -2.36. The Morgan fingerprint density at radius 2 is 0.680 bits per heavy atom. The number of carbonyl (C=O) groups is 8. The number of sulfonamides is 4. The van der Waals surface area contributed by atoms with Crippen molar-refractivity contribution in [3.05, 3.63) is 172 Å². The molecular weight excluding hydrogens is 1650 g/mol. The molecule has 0 unspecified atom stereocenters. The number of ether oxygens (including phenoxy) is 4. The van der Waals surface area contributed by atoms with Gasteiger partial charge in [0.25, 0.3) is 40.1 Å². The van der Waals surface area contributed by atoms with Gasteiger partial charge in [-0.25, -0.2) is 82.5 Å². The molecule has 8 aliphatic carbocycles. The molecule has 38 heteroatoms. The molecule has 0 fully saturated rings. The lowest BCUT2D eigenvalue weighted by Gasteiger charge is -2.19. The van der Waals surface area contributed by atoms with E-state index in [0.717, 1.165) is 237 Å². The van der Waals surface area contributed by atoms with E-state index in [2.05, 4.69) is 69.9 Å². The fraction of sp³-hybridized carbons (Fsp3) is 0.452. The Bertz CT molecular complexity index is 5970. The number of nitrogens with zero attached hydrogens (tertiary/aromatic N) is 6. The number of hydrogen-bond donors (Lipinski definition) is 8. The van der Waals surface area contributed by atoms with Gasteiger partial charge < -0.3 is 44.8 Å². The fourth-order valence-corrected chi connectivity index (χ4v) is 24.9. The second kappa shape index (κ2) is 29.7. The average Bonchev–Trinajstić information content (AvgIpc) is 1.51. The Morgan fingerprint density at radius 1 is 0.369 bits per heavy atom. The summed E-state index contributed by atoms with van der Waals surface area (Å²) in [6, 6.07) is 6.95. The van der Waals surface area contributed by atoms with Gasteiger partial charge in [-0.3, -0.25) is 9.25 Å². The highest BCUT2D eigenvalue weighted by Gasteiger charge is 2.50. The number of hydrogen-bond acceptors (Lipinski definition) is 22. The molecule has 4 aliphatic heterocycles. The van der Waals surface area contributed by atoms with E-state index >= 15 is 0 Å². The van der Waals surface area contributed by atoms with Crippen molar-refractivity contribution in [3.63, 3.8) is 0 Å². The molecule has 0 bridgehead atoms. The predicted molar refractivity (Wildman–Crippen MR) is 441 cm³/mol. The van der Waals surface area contributed by atoms with E-state index in [1.54, 1.807) is 67.0 Å². The number of anilines is 4. The highest BCUT2D eigenvalue weighted by atomic mass is 32.2. The van der Waals surface area contributed by atoms with E-state index in [9.17, 15) is 72.0 Å². The molecule has 0 atom stereocenters. The van der Waals surface area contributed by atoms with E-state index in [1.165, 1.54) is 74.7 Å². The number of aryl methyl sites for hydroxylation is 10. The molecule has 0 spiro atoms. The Balaban J connectivity index is 0.000000116. The van der Waals surface area contributed by atoms with Crippen molar-refractivity contribution in [1.82, 2.24) is 47.6 Å². The number of amides is 8. The van der Waals surface area contributed by atoms with E-state index < -0.39 is 116 Å². The quantitative estimate of drug-likeness (QED) is 0.0416. The zero-order chi connectivity index (χ0) is 86.8. The van der Waals surface area contributed by atoms with Crippen LogP contribution in [0.1, 0.15) is 239 Å². The lowest BCUT2D eigenvalue weighted by molar-refractivity contribution is 0.00535. The topological polar surface area (TPSA) is 452 Å². The van der Waals surface area contributed by atoms with Crippen LogP contribution in [0.5, 0.6) is 0 Å². The summed E-state index contributed by atoms with van der Waals surface area (Å²) < 4.78 is 138. The third kappa shape index (κ3) is 14.5. The first-order valence-corrected chi connectivity index (χ1v) is 47.0. The van der Waals surface area contributed by atoms with Gasteiger partial charge in [0.2, 0.25) is 5.03 Å². The highest BCUT2D eigenvalue weighted by molar-refractivity contribution is 7.91. The summed E-state index contributed by atoms with van der Waals surface area (Å²) in [7, 11) is -13.9. The molecular formula is C84H94N14O20S4. The first-order valence-electron chi connectivity index (χ1n) is 41.0. The molecule has 8 aromatic rings. The van der Waals surface area contributed by atoms with Gasteiger partial charge in [0.15, 0.2) is 11.2 Å². The van der Waals surface area contributed by atoms with Crippen LogP contribution >= 0.6 is 0 Å². The van der Waals surface area contributed by atoms with E-state index in [0.29, 0.717) is 11.4 Å². The van der Waals surface area contributed by atoms with Crippen LogP contribution in [0.15, 0.2) is 68.6 Å². The molecule has 8 N–H and O–H groups in total. The molecule has 8 heterocycles. The zero-order valence-corrected chi connectivity index (χ0v) is 72.3. The third-order valence-corrected chi connectivity index (χ3v) is 30.4. The number of benzene rings is 4. The molecule has 122 heavy (non-hydrogen) atoms. The van der Waals surface area contributed by atoms with Gasteiger partial charge in [-0.1, -0.05) is 24.3 Å². The van der Waals surface area contributed by atoms with Crippen LogP contribution in [-0.4, -0.2) is 111 Å². The summed E-state index contributed by atoms with van der Waals surface area (Å²) in [5, 5.41) is 18.6. The minimum atomic E-state index is -4.39. The lowest BCUT2D eigenvalue weighted by atomic mass is 9.99. The minimum Gasteiger partial charge on any atom is -0.450 e. The Morgan fingerprint density at radius 3 is 1.06 bits per heavy atom. The molecule has 8 amide bonds. The number of urea groups is 4. The average molecular weight is 1750 g/mol. The van der Waals surface area contributed by atoms with Crippen molar-refractivity contribution in [2.24, 2.45) is 14.1 Å². The molecule has 20 rings (SSSR count). The van der Waals surface area contributed by atoms with Crippen molar-refractivity contribution in [2.75, 3.05) is 21.3 Å². The number of cyclic esters (lactones) is 4. The first kappa shape index (κ1) is 82.9. The van der Waals surface area contributed by atoms with Crippen LogP contribution in [-0.2, 0) is 198 Å². The number of rotatable bonds is 12. The van der Waals surface area contributed by atoms with E-state index in [1.807, 2.05) is 4.72 Å². The van der Waals surface area contributed by atoms with Gasteiger partial charge in [0, 0.05) is 49.2 Å². The molecule has 4 aromatic heterocycles. The maximum absolute atomic E-state index is 13.0. The Hall–Kier alpha value is -11.4. The van der Waals surface area contributed by atoms with Gasteiger partial charge in [0.05, 0.1) is 23.3 Å². The van der Waals surface area contributed by atoms with Crippen molar-refractivity contribution in [3.8, 4) is 0 Å². The van der Waals surface area contributed by atoms with Crippen molar-refractivity contribution in [1.29, 1.82) is 0 Å². The van der Waals surface area contributed by atoms with Crippen molar-refractivity contribution >= 4 is 111 Å². The number of nitrogens with one attached hydrogen (secondary N) is 8. The van der Waals surface area contributed by atoms with Crippen LogP contribution in [0.4, 0.5) is 51.5 Å². The standard InChI is InChI=1S/C22H25N3O5S.C21H24N4O5S.C21H23N3O5S.C20H22N4O5S/c1-22(2)19-17(20(26)30-22)16(11-25(19)3)31(28,29)24-21(27)23-18-14-8-4-6-12(14)10-13-7-5-9-15(13)18;1-21(2)17-15(19(26)30-21)18(23-25(17)3)31(28,29)24-20(27)22-16-13-8-4-6-11(13)10-12-7-5-9-14(12)16;1-21(2)18-16(9-10-24(18)20(26)29-21)30(27,28)23-19(25)22-17-14-7-3-5-12(14)11-13-6-4-8-15(13)17;1-20(2)17-15(10-21-24(17)19(26)29-20)30(27,28)23-18(25)22-16-13-7-3-5-11(13)9-12-6-4-8-14(12)16/h10-11H,4-9H2,1-3H3,(H2,23,24,27);10H,4-9H2,1-3H3,(H2,22,24,27);9-11H,3-8H2,1-2H3,(H2,22,23,25);9-10H,3-8H2,1-2H3,(H2,22,23,25). The summed E-state index contributed by atoms with van der Waals surface area (Å²) in [5.41, 5.74) is 18.5. The van der Waals surface area contributed by atoms with Gasteiger partial charge in [-0.2, -0.15) is 23.3 Å². The van der Waals surface area contributed by atoms with Gasteiger partial charge in [0.1, 0.15) is 42.7 Å². The normalized spacial score (nSPS) is 18.4. The molecule has 0 saturated heterocycles. The predicted octanol–water partition coefficient (Wildman–Crippen LogP) is 11.0. The maximum atomic E-state index is 13.0. The van der Waals surface area contributed by atoms with Crippen molar-refractivity contribution in [2.45, 2.75) is 252 Å². The summed E-state index contributed by atoms with van der Waals surface area (Å²) in [5.74, 6) is -1.48. The maximum Gasteiger partial charge on any atom is 0.436 e. The second-order valence-electron chi connectivity index (χ2n) is 34.9. The van der Waals surface area contributed by atoms with E-state index in [-0.39, 0.29) is 37.2 Å². The summed E-state index contributed by atoms with van der Waals surface area (Å²) >= 11 is 0. The van der Waals surface area contributed by atoms with Crippen LogP contribution in [0.3, 0.4) is 0 Å².